The van der Waals surface area contributed by atoms with Crippen LogP contribution in [0.15, 0.2) is 18.2 Å². The van der Waals surface area contributed by atoms with E-state index in [4.69, 9.17) is 16.3 Å². The molecule has 1 N–H and O–H groups in total. The van der Waals surface area contributed by atoms with Crippen LogP contribution < -0.4 is 4.90 Å². The lowest BCUT2D eigenvalue weighted by Gasteiger charge is -2.28. The second-order valence-electron chi connectivity index (χ2n) is 3.85. The fraction of sp³-hybridized carbons (Fsp3) is 0.500. The molecule has 1 atom stereocenters. The van der Waals surface area contributed by atoms with Gasteiger partial charge in [-0.25, -0.2) is 0 Å². The largest absolute Gasteiger partial charge is 0.392 e. The lowest BCUT2D eigenvalue weighted by molar-refractivity contribution is 0.183. The molecule has 0 amide bonds. The van der Waals surface area contributed by atoms with Crippen LogP contribution in [0.4, 0.5) is 5.69 Å². The van der Waals surface area contributed by atoms with Gasteiger partial charge in [0.1, 0.15) is 0 Å². The van der Waals surface area contributed by atoms with Crippen molar-refractivity contribution in [1.29, 1.82) is 0 Å². The van der Waals surface area contributed by atoms with E-state index in [1.165, 1.54) is 0 Å². The van der Waals surface area contributed by atoms with Crippen molar-refractivity contribution in [2.45, 2.75) is 19.6 Å². The lowest BCUT2D eigenvalue weighted by Crippen LogP contribution is -2.33. The summed E-state index contributed by atoms with van der Waals surface area (Å²) in [5, 5.41) is 9.94. The van der Waals surface area contributed by atoms with E-state index in [0.717, 1.165) is 11.3 Å². The Hall–Kier alpha value is -0.770. The number of nitrogens with zero attached hydrogens (tertiary/aromatic N) is 1. The molecule has 1 rings (SSSR count). The fourth-order valence-corrected chi connectivity index (χ4v) is 1.76. The third-order valence-electron chi connectivity index (χ3n) is 2.67. The Kier molecular flexibility index (Phi) is 5.06. The van der Waals surface area contributed by atoms with Gasteiger partial charge in [0.25, 0.3) is 0 Å². The van der Waals surface area contributed by atoms with E-state index in [0.29, 0.717) is 11.6 Å². The number of hydrogen-bond donors (Lipinski definition) is 1. The number of hydrogen-bond acceptors (Lipinski definition) is 3. The van der Waals surface area contributed by atoms with Crippen molar-refractivity contribution < 1.29 is 9.84 Å². The number of benzene rings is 1. The van der Waals surface area contributed by atoms with Crippen molar-refractivity contribution in [3.8, 4) is 0 Å². The molecular formula is C12H18ClNO2. The van der Waals surface area contributed by atoms with E-state index < -0.39 is 0 Å². The molecule has 0 fully saturated rings. The molecule has 0 aromatic heterocycles. The van der Waals surface area contributed by atoms with E-state index in [9.17, 15) is 5.11 Å². The lowest BCUT2D eigenvalue weighted by atomic mass is 10.1. The van der Waals surface area contributed by atoms with E-state index >= 15 is 0 Å². The Bertz CT molecular complexity index is 344. The van der Waals surface area contributed by atoms with Crippen LogP contribution in [0.25, 0.3) is 0 Å². The number of anilines is 1. The summed E-state index contributed by atoms with van der Waals surface area (Å²) in [5.74, 6) is 0. The van der Waals surface area contributed by atoms with Gasteiger partial charge in [-0.2, -0.15) is 0 Å². The molecule has 0 aliphatic heterocycles. The quantitative estimate of drug-likeness (QED) is 0.862. The SMILES string of the molecule is COCC(C)N(C)c1cc(Cl)ccc1CO. The number of methoxy groups -OCH3 is 1. The zero-order valence-corrected chi connectivity index (χ0v) is 10.7. The predicted octanol–water partition coefficient (Wildman–Crippen LogP) is 2.30. The average molecular weight is 244 g/mol. The van der Waals surface area contributed by atoms with Gasteiger partial charge < -0.3 is 14.7 Å². The molecule has 0 saturated carbocycles. The standard InChI is InChI=1S/C12H18ClNO2/c1-9(8-16-3)14(2)12-6-11(13)5-4-10(12)7-15/h4-6,9,15H,7-8H2,1-3H3. The van der Waals surface area contributed by atoms with Crippen LogP contribution in [0.3, 0.4) is 0 Å². The summed E-state index contributed by atoms with van der Waals surface area (Å²) in [6, 6.07) is 5.71. The van der Waals surface area contributed by atoms with Crippen LogP contribution in [0.1, 0.15) is 12.5 Å². The highest BCUT2D eigenvalue weighted by Crippen LogP contribution is 2.25. The van der Waals surface area contributed by atoms with Gasteiger partial charge in [-0.1, -0.05) is 17.7 Å². The molecule has 1 unspecified atom stereocenters. The predicted molar refractivity (Wildman–Crippen MR) is 67.1 cm³/mol. The summed E-state index contributed by atoms with van der Waals surface area (Å²) >= 11 is 5.96. The minimum absolute atomic E-state index is 0.0105. The van der Waals surface area contributed by atoms with Crippen molar-refractivity contribution in [2.24, 2.45) is 0 Å². The third-order valence-corrected chi connectivity index (χ3v) is 2.90. The van der Waals surface area contributed by atoms with Gasteiger partial charge in [0, 0.05) is 36.5 Å². The maximum absolute atomic E-state index is 9.27. The summed E-state index contributed by atoms with van der Waals surface area (Å²) in [5.41, 5.74) is 1.81. The fourth-order valence-electron chi connectivity index (χ4n) is 1.59. The van der Waals surface area contributed by atoms with Crippen molar-refractivity contribution in [2.75, 3.05) is 25.7 Å². The number of rotatable bonds is 5. The highest BCUT2D eigenvalue weighted by atomic mass is 35.5. The summed E-state index contributed by atoms with van der Waals surface area (Å²) in [7, 11) is 3.64. The minimum Gasteiger partial charge on any atom is -0.392 e. The first-order chi connectivity index (χ1) is 7.60. The smallest absolute Gasteiger partial charge is 0.0702 e. The number of aliphatic hydroxyl groups is 1. The monoisotopic (exact) mass is 243 g/mol. The second kappa shape index (κ2) is 6.09. The third kappa shape index (κ3) is 3.11. The van der Waals surface area contributed by atoms with Crippen LogP contribution in [-0.4, -0.2) is 31.9 Å². The van der Waals surface area contributed by atoms with Gasteiger partial charge in [0.05, 0.1) is 13.2 Å². The number of aliphatic hydroxyl groups excluding tert-OH is 1. The number of likely N-dealkylation sites (N-methyl/N-ethyl adjacent to an activating group) is 1. The Balaban J connectivity index is 2.96. The first-order valence-corrected chi connectivity index (χ1v) is 5.59. The van der Waals surface area contributed by atoms with E-state index in [1.54, 1.807) is 13.2 Å². The molecule has 0 aliphatic rings. The van der Waals surface area contributed by atoms with Gasteiger partial charge in [-0.3, -0.25) is 0 Å². The van der Waals surface area contributed by atoms with Crippen LogP contribution in [0.5, 0.6) is 0 Å². The Labute approximate surface area is 102 Å². The normalized spacial score (nSPS) is 12.6. The van der Waals surface area contributed by atoms with Crippen molar-refractivity contribution in [3.05, 3.63) is 28.8 Å². The van der Waals surface area contributed by atoms with Crippen LogP contribution in [0.2, 0.25) is 5.02 Å². The topological polar surface area (TPSA) is 32.7 Å². The molecule has 0 aliphatic carbocycles. The molecule has 4 heteroatoms. The molecule has 0 heterocycles. The highest BCUT2D eigenvalue weighted by Gasteiger charge is 2.13. The second-order valence-corrected chi connectivity index (χ2v) is 4.28. The van der Waals surface area contributed by atoms with E-state index in [1.807, 2.05) is 19.2 Å². The zero-order valence-electron chi connectivity index (χ0n) is 9.90. The van der Waals surface area contributed by atoms with Crippen LogP contribution in [0, 0.1) is 0 Å². The minimum atomic E-state index is 0.0105. The van der Waals surface area contributed by atoms with Crippen molar-refractivity contribution in [3.63, 3.8) is 0 Å². The summed E-state index contributed by atoms with van der Waals surface area (Å²) in [6.45, 7) is 2.70. The molecule has 0 radical (unpaired) electrons. The van der Waals surface area contributed by atoms with E-state index in [-0.39, 0.29) is 12.6 Å². The number of halogens is 1. The Morgan fingerprint density at radius 2 is 2.19 bits per heavy atom. The molecule has 1 aromatic rings. The van der Waals surface area contributed by atoms with Crippen molar-refractivity contribution in [1.82, 2.24) is 0 Å². The van der Waals surface area contributed by atoms with Crippen LogP contribution in [-0.2, 0) is 11.3 Å². The first kappa shape index (κ1) is 13.3. The van der Waals surface area contributed by atoms with Gasteiger partial charge in [-0.05, 0) is 19.1 Å². The maximum Gasteiger partial charge on any atom is 0.0702 e. The number of ether oxygens (including phenoxy) is 1. The van der Waals surface area contributed by atoms with Gasteiger partial charge >= 0.3 is 0 Å². The van der Waals surface area contributed by atoms with Gasteiger partial charge in [0.15, 0.2) is 0 Å². The van der Waals surface area contributed by atoms with Crippen LogP contribution >= 0.6 is 11.6 Å². The molecule has 0 saturated heterocycles. The highest BCUT2D eigenvalue weighted by molar-refractivity contribution is 6.30. The molecular weight excluding hydrogens is 226 g/mol. The molecule has 1 aromatic carbocycles. The summed E-state index contributed by atoms with van der Waals surface area (Å²) < 4.78 is 5.11. The molecule has 90 valence electrons. The molecule has 0 spiro atoms. The summed E-state index contributed by atoms with van der Waals surface area (Å²) in [4.78, 5) is 2.06. The first-order valence-electron chi connectivity index (χ1n) is 5.21. The molecule has 0 bridgehead atoms. The maximum atomic E-state index is 9.27. The zero-order chi connectivity index (χ0) is 12.1. The van der Waals surface area contributed by atoms with E-state index in [2.05, 4.69) is 11.8 Å². The van der Waals surface area contributed by atoms with Gasteiger partial charge in [-0.15, -0.1) is 0 Å². The average Bonchev–Trinajstić information content (AvgIpc) is 2.28. The van der Waals surface area contributed by atoms with Gasteiger partial charge in [0.2, 0.25) is 0 Å². The molecule has 3 nitrogen and oxygen atoms in total. The molecule has 16 heavy (non-hydrogen) atoms. The summed E-state index contributed by atoms with van der Waals surface area (Å²) in [6.07, 6.45) is 0. The van der Waals surface area contributed by atoms with Crippen molar-refractivity contribution >= 4 is 17.3 Å². The Morgan fingerprint density at radius 1 is 1.50 bits per heavy atom. The Morgan fingerprint density at radius 3 is 2.75 bits per heavy atom.